The number of alkyl halides is 3. The lowest BCUT2D eigenvalue weighted by Gasteiger charge is -2.28. The van der Waals surface area contributed by atoms with Crippen LogP contribution in [-0.2, 0) is 11.8 Å². The summed E-state index contributed by atoms with van der Waals surface area (Å²) in [5.74, 6) is 0.428. The van der Waals surface area contributed by atoms with Crippen molar-refractivity contribution in [1.29, 1.82) is 0 Å². The van der Waals surface area contributed by atoms with Gasteiger partial charge in [-0.3, -0.25) is 10.7 Å². The Morgan fingerprint density at radius 2 is 1.86 bits per heavy atom. The number of guanidine groups is 1. The first-order chi connectivity index (χ1) is 9.80. The molecule has 0 saturated heterocycles. The number of nitrogens with zero attached hydrogens (tertiary/aromatic N) is 3. The number of thioether (sulfide) groups is 1. The van der Waals surface area contributed by atoms with Gasteiger partial charge in [-0.15, -0.1) is 0 Å². The molecule has 3 rings (SSSR count). The second kappa shape index (κ2) is 4.57. The third-order valence-corrected chi connectivity index (χ3v) is 3.96. The Hall–Kier alpha value is -1.87. The number of aliphatic imine (C=N–C) groups is 3. The highest BCUT2D eigenvalue weighted by Crippen LogP contribution is 2.34. The molecule has 1 atom stereocenters. The van der Waals surface area contributed by atoms with E-state index in [4.69, 9.17) is 11.5 Å². The van der Waals surface area contributed by atoms with Gasteiger partial charge in [-0.1, -0.05) is 23.9 Å². The van der Waals surface area contributed by atoms with E-state index < -0.39 is 17.4 Å². The van der Waals surface area contributed by atoms with Crippen molar-refractivity contribution in [2.75, 3.05) is 5.88 Å². The fourth-order valence-electron chi connectivity index (χ4n) is 2.14. The molecule has 0 amide bonds. The van der Waals surface area contributed by atoms with Gasteiger partial charge in [0.25, 0.3) is 0 Å². The molecule has 4 N–H and O–H groups in total. The lowest BCUT2D eigenvalue weighted by Crippen LogP contribution is -2.49. The molecular formula is C12H10F3N5S. The molecule has 0 aromatic heterocycles. The van der Waals surface area contributed by atoms with Crippen LogP contribution in [0.3, 0.4) is 0 Å². The van der Waals surface area contributed by atoms with Crippen LogP contribution in [0, 0.1) is 0 Å². The van der Waals surface area contributed by atoms with E-state index in [0.29, 0.717) is 22.2 Å². The van der Waals surface area contributed by atoms with Crippen molar-refractivity contribution in [3.8, 4) is 0 Å². The zero-order valence-electron chi connectivity index (χ0n) is 10.6. The van der Waals surface area contributed by atoms with E-state index in [2.05, 4.69) is 15.0 Å². The fraction of sp³-hybridized carbons (Fsp3) is 0.250. The first kappa shape index (κ1) is 14.1. The summed E-state index contributed by atoms with van der Waals surface area (Å²) in [6.07, 6.45) is -4.40. The van der Waals surface area contributed by atoms with Crippen LogP contribution in [0.15, 0.2) is 39.2 Å². The molecule has 0 fully saturated rings. The molecular weight excluding hydrogens is 303 g/mol. The van der Waals surface area contributed by atoms with Crippen molar-refractivity contribution in [1.82, 2.24) is 0 Å². The van der Waals surface area contributed by atoms with Crippen LogP contribution in [0.25, 0.3) is 0 Å². The maximum atomic E-state index is 12.6. The first-order valence-electron chi connectivity index (χ1n) is 5.89. The molecule has 9 heteroatoms. The molecule has 2 aliphatic heterocycles. The third kappa shape index (κ3) is 2.32. The van der Waals surface area contributed by atoms with Crippen molar-refractivity contribution in [2.24, 2.45) is 26.4 Å². The molecule has 2 aliphatic rings. The van der Waals surface area contributed by atoms with Gasteiger partial charge in [0.2, 0.25) is 5.96 Å². The summed E-state index contributed by atoms with van der Waals surface area (Å²) in [6, 6.07) is 4.50. The predicted octanol–water partition coefficient (Wildman–Crippen LogP) is 1.69. The summed E-state index contributed by atoms with van der Waals surface area (Å²) < 4.78 is 37.8. The molecule has 0 saturated carbocycles. The third-order valence-electron chi connectivity index (χ3n) is 3.15. The summed E-state index contributed by atoms with van der Waals surface area (Å²) in [6.45, 7) is 0. The van der Waals surface area contributed by atoms with E-state index in [1.165, 1.54) is 23.9 Å². The molecule has 0 radical (unpaired) electrons. The molecule has 5 nitrogen and oxygen atoms in total. The zero-order chi connectivity index (χ0) is 15.3. The molecule has 0 bridgehead atoms. The average molecular weight is 313 g/mol. The van der Waals surface area contributed by atoms with Crippen molar-refractivity contribution in [3.05, 3.63) is 35.4 Å². The van der Waals surface area contributed by atoms with Crippen LogP contribution in [-0.4, -0.2) is 22.6 Å². The minimum atomic E-state index is -4.40. The molecule has 1 unspecified atom stereocenters. The summed E-state index contributed by atoms with van der Waals surface area (Å²) in [5.41, 5.74) is 10.5. The molecule has 0 aliphatic carbocycles. The zero-order valence-corrected chi connectivity index (χ0v) is 11.4. The first-order valence-corrected chi connectivity index (χ1v) is 6.88. The lowest BCUT2D eigenvalue weighted by atomic mass is 9.94. The van der Waals surface area contributed by atoms with Gasteiger partial charge in [0, 0.05) is 5.56 Å². The normalized spacial score (nSPS) is 25.0. The predicted molar refractivity (Wildman–Crippen MR) is 76.3 cm³/mol. The Balaban J connectivity index is 2.05. The van der Waals surface area contributed by atoms with Crippen LogP contribution in [0.5, 0.6) is 0 Å². The maximum Gasteiger partial charge on any atom is 0.416 e. The van der Waals surface area contributed by atoms with Crippen LogP contribution in [0.1, 0.15) is 11.1 Å². The number of hydrogen-bond acceptors (Lipinski definition) is 6. The number of hydrogen-bond donors (Lipinski definition) is 2. The number of halogens is 3. The summed E-state index contributed by atoms with van der Waals surface area (Å²) >= 11 is 1.36. The Kier molecular flexibility index (Phi) is 3.06. The highest BCUT2D eigenvalue weighted by atomic mass is 32.2. The van der Waals surface area contributed by atoms with Crippen molar-refractivity contribution < 1.29 is 13.2 Å². The standard InChI is InChI=1S/C12H10F3N5S/c13-12(14,15)7-3-1-6(2-4-7)11(17)8-9(21-5-18-8)19-10(16)20-11/h1-4H,5,17H2,(H2,16,20). The van der Waals surface area contributed by atoms with E-state index in [0.717, 1.165) is 12.1 Å². The lowest BCUT2D eigenvalue weighted by molar-refractivity contribution is -0.137. The van der Waals surface area contributed by atoms with Crippen LogP contribution in [0.2, 0.25) is 0 Å². The van der Waals surface area contributed by atoms with Gasteiger partial charge in [0.1, 0.15) is 10.8 Å². The maximum absolute atomic E-state index is 12.6. The highest BCUT2D eigenvalue weighted by Gasteiger charge is 2.42. The summed E-state index contributed by atoms with van der Waals surface area (Å²) in [7, 11) is 0. The van der Waals surface area contributed by atoms with Gasteiger partial charge in [-0.2, -0.15) is 13.2 Å². The van der Waals surface area contributed by atoms with E-state index in [9.17, 15) is 13.2 Å². The smallest absolute Gasteiger partial charge is 0.368 e. The van der Waals surface area contributed by atoms with Crippen LogP contribution < -0.4 is 11.5 Å². The van der Waals surface area contributed by atoms with Gasteiger partial charge in [-0.05, 0) is 12.1 Å². The Morgan fingerprint density at radius 3 is 2.48 bits per heavy atom. The minimum absolute atomic E-state index is 0.0132. The molecule has 1 aromatic rings. The number of benzene rings is 1. The summed E-state index contributed by atoms with van der Waals surface area (Å²) in [5, 5.41) is 0.560. The Morgan fingerprint density at radius 1 is 1.19 bits per heavy atom. The van der Waals surface area contributed by atoms with Gasteiger partial charge in [-0.25, -0.2) is 9.98 Å². The average Bonchev–Trinajstić information content (AvgIpc) is 2.86. The summed E-state index contributed by atoms with van der Waals surface area (Å²) in [4.78, 5) is 12.3. The van der Waals surface area contributed by atoms with E-state index >= 15 is 0 Å². The van der Waals surface area contributed by atoms with E-state index in [-0.39, 0.29) is 5.96 Å². The topological polar surface area (TPSA) is 89.1 Å². The minimum Gasteiger partial charge on any atom is -0.368 e. The second-order valence-corrected chi connectivity index (χ2v) is 5.44. The van der Waals surface area contributed by atoms with E-state index in [1.54, 1.807) is 0 Å². The monoisotopic (exact) mass is 313 g/mol. The molecule has 1 aromatic carbocycles. The van der Waals surface area contributed by atoms with Gasteiger partial charge >= 0.3 is 6.18 Å². The second-order valence-electron chi connectivity index (χ2n) is 4.51. The molecule has 0 spiro atoms. The van der Waals surface area contributed by atoms with Crippen molar-refractivity contribution >= 4 is 28.5 Å². The molecule has 110 valence electrons. The van der Waals surface area contributed by atoms with Gasteiger partial charge in [0.15, 0.2) is 5.66 Å². The SMILES string of the molecule is NC1=NC(N)(c2ccc(C(F)(F)F)cc2)C2=NCSC2=N1. The highest BCUT2D eigenvalue weighted by molar-refractivity contribution is 8.16. The number of fused-ring (bicyclic) bond motifs is 1. The molecule has 21 heavy (non-hydrogen) atoms. The van der Waals surface area contributed by atoms with Gasteiger partial charge < -0.3 is 5.73 Å². The van der Waals surface area contributed by atoms with Crippen molar-refractivity contribution in [2.45, 2.75) is 11.8 Å². The Labute approximate surface area is 122 Å². The molecule has 2 heterocycles. The van der Waals surface area contributed by atoms with Crippen LogP contribution in [0.4, 0.5) is 13.2 Å². The van der Waals surface area contributed by atoms with Crippen molar-refractivity contribution in [3.63, 3.8) is 0 Å². The fourth-order valence-corrected chi connectivity index (χ4v) is 2.97. The quantitative estimate of drug-likeness (QED) is 0.827. The Bertz CT molecular complexity index is 677. The number of nitrogens with two attached hydrogens (primary N) is 2. The van der Waals surface area contributed by atoms with Gasteiger partial charge in [0.05, 0.1) is 11.4 Å². The largest absolute Gasteiger partial charge is 0.416 e. The van der Waals surface area contributed by atoms with E-state index in [1.807, 2.05) is 0 Å². The number of rotatable bonds is 1. The van der Waals surface area contributed by atoms with Crippen LogP contribution >= 0.6 is 11.8 Å².